The average molecular weight is 336 g/mol. The minimum atomic E-state index is -0.391. The zero-order chi connectivity index (χ0) is 17.2. The van der Waals surface area contributed by atoms with Gasteiger partial charge in [-0.2, -0.15) is 0 Å². The number of aromatic amines is 1. The number of H-pyrrole nitrogens is 1. The number of amides is 1. The highest BCUT2D eigenvalue weighted by atomic mass is 16.5. The SMILES string of the molecule is O=C(Nc1ccc2c(c1)OCCCO2)c1cc2ccccc2c(=O)[nH]1. The molecular weight excluding hydrogens is 320 g/mol. The number of fused-ring (bicyclic) bond motifs is 2. The fourth-order valence-corrected chi connectivity index (χ4v) is 2.77. The Kier molecular flexibility index (Phi) is 3.85. The van der Waals surface area contributed by atoms with Gasteiger partial charge >= 0.3 is 0 Å². The second-order valence-corrected chi connectivity index (χ2v) is 5.77. The molecule has 2 N–H and O–H groups in total. The van der Waals surface area contributed by atoms with Gasteiger partial charge in [0.2, 0.25) is 0 Å². The molecule has 0 radical (unpaired) electrons. The number of carbonyl (C=O) groups is 1. The number of pyridine rings is 1. The molecule has 0 aliphatic carbocycles. The van der Waals surface area contributed by atoms with E-state index in [1.54, 1.807) is 42.5 Å². The van der Waals surface area contributed by atoms with Crippen LogP contribution in [0.1, 0.15) is 16.9 Å². The van der Waals surface area contributed by atoms with Gasteiger partial charge in [0.25, 0.3) is 11.5 Å². The lowest BCUT2D eigenvalue weighted by molar-refractivity contribution is 0.102. The Morgan fingerprint density at radius 1 is 1.00 bits per heavy atom. The minimum absolute atomic E-state index is 0.204. The first-order valence-electron chi connectivity index (χ1n) is 8.04. The summed E-state index contributed by atoms with van der Waals surface area (Å²) >= 11 is 0. The van der Waals surface area contributed by atoms with E-state index in [1.807, 2.05) is 6.07 Å². The van der Waals surface area contributed by atoms with Crippen molar-refractivity contribution in [3.05, 3.63) is 64.6 Å². The van der Waals surface area contributed by atoms with Crippen LogP contribution in [0.4, 0.5) is 5.69 Å². The quantitative estimate of drug-likeness (QED) is 0.754. The lowest BCUT2D eigenvalue weighted by Gasteiger charge is -2.10. The molecule has 1 amide bonds. The second-order valence-electron chi connectivity index (χ2n) is 5.77. The van der Waals surface area contributed by atoms with Crippen LogP contribution in [0.15, 0.2) is 53.3 Å². The summed E-state index contributed by atoms with van der Waals surface area (Å²) in [6.45, 7) is 1.18. The molecule has 1 aromatic heterocycles. The van der Waals surface area contributed by atoms with Gasteiger partial charge in [-0.15, -0.1) is 0 Å². The molecule has 0 saturated heterocycles. The smallest absolute Gasteiger partial charge is 0.272 e. The van der Waals surface area contributed by atoms with Gasteiger partial charge in [0.05, 0.1) is 13.2 Å². The topological polar surface area (TPSA) is 80.4 Å². The van der Waals surface area contributed by atoms with Gasteiger partial charge in [-0.25, -0.2) is 0 Å². The summed E-state index contributed by atoms with van der Waals surface area (Å²) in [6, 6.07) is 14.0. The summed E-state index contributed by atoms with van der Waals surface area (Å²) in [7, 11) is 0. The third kappa shape index (κ3) is 3.06. The highest BCUT2D eigenvalue weighted by molar-refractivity contribution is 6.04. The molecule has 0 spiro atoms. The molecule has 3 aromatic rings. The van der Waals surface area contributed by atoms with E-state index in [2.05, 4.69) is 10.3 Å². The van der Waals surface area contributed by atoms with Crippen molar-refractivity contribution in [3.63, 3.8) is 0 Å². The van der Waals surface area contributed by atoms with Gasteiger partial charge in [-0.05, 0) is 29.7 Å². The van der Waals surface area contributed by atoms with Crippen molar-refractivity contribution in [2.24, 2.45) is 0 Å². The van der Waals surface area contributed by atoms with Gasteiger partial charge in [0.15, 0.2) is 11.5 Å². The first-order chi connectivity index (χ1) is 12.2. The van der Waals surface area contributed by atoms with Crippen molar-refractivity contribution in [2.75, 3.05) is 18.5 Å². The van der Waals surface area contributed by atoms with Crippen LogP contribution in [0.3, 0.4) is 0 Å². The van der Waals surface area contributed by atoms with Crippen molar-refractivity contribution in [1.29, 1.82) is 0 Å². The van der Waals surface area contributed by atoms with Crippen molar-refractivity contribution in [2.45, 2.75) is 6.42 Å². The van der Waals surface area contributed by atoms with E-state index >= 15 is 0 Å². The predicted octanol–water partition coefficient (Wildman–Crippen LogP) is 2.94. The molecule has 2 aromatic carbocycles. The lowest BCUT2D eigenvalue weighted by atomic mass is 10.1. The number of benzene rings is 2. The van der Waals surface area contributed by atoms with E-state index < -0.39 is 5.91 Å². The van der Waals surface area contributed by atoms with Gasteiger partial charge in [0.1, 0.15) is 5.69 Å². The van der Waals surface area contributed by atoms with Crippen LogP contribution < -0.4 is 20.3 Å². The standard InChI is InChI=1S/C19H16N2O4/c22-18-14-5-2-1-4-12(14)10-15(21-18)19(23)20-13-6-7-16-17(11-13)25-9-3-8-24-16/h1-2,4-7,10-11H,3,8-9H2,(H,20,23)(H,21,22). The van der Waals surface area contributed by atoms with E-state index in [9.17, 15) is 9.59 Å². The van der Waals surface area contributed by atoms with Gasteiger partial charge < -0.3 is 19.8 Å². The summed E-state index contributed by atoms with van der Waals surface area (Å²) in [5, 5.41) is 4.04. The van der Waals surface area contributed by atoms with Crippen LogP contribution in [0.5, 0.6) is 11.5 Å². The van der Waals surface area contributed by atoms with Gasteiger partial charge in [-0.3, -0.25) is 9.59 Å². The van der Waals surface area contributed by atoms with Crippen molar-refractivity contribution < 1.29 is 14.3 Å². The molecule has 0 atom stereocenters. The molecule has 2 heterocycles. The Morgan fingerprint density at radius 3 is 2.68 bits per heavy atom. The van der Waals surface area contributed by atoms with Crippen molar-refractivity contribution in [1.82, 2.24) is 4.98 Å². The molecule has 0 fully saturated rings. The van der Waals surface area contributed by atoms with Gasteiger partial charge in [-0.1, -0.05) is 18.2 Å². The van der Waals surface area contributed by atoms with Crippen LogP contribution in [0, 0.1) is 0 Å². The first kappa shape index (κ1) is 15.3. The largest absolute Gasteiger partial charge is 0.490 e. The second kappa shape index (κ2) is 6.32. The van der Waals surface area contributed by atoms with Crippen LogP contribution >= 0.6 is 0 Å². The number of nitrogens with one attached hydrogen (secondary N) is 2. The highest BCUT2D eigenvalue weighted by Crippen LogP contribution is 2.32. The molecule has 0 unspecified atom stereocenters. The third-order valence-corrected chi connectivity index (χ3v) is 4.00. The van der Waals surface area contributed by atoms with Crippen LogP contribution in [0.25, 0.3) is 10.8 Å². The molecular formula is C19H16N2O4. The number of carbonyl (C=O) groups excluding carboxylic acids is 1. The Hall–Kier alpha value is -3.28. The van der Waals surface area contributed by atoms with Crippen molar-refractivity contribution in [3.8, 4) is 11.5 Å². The minimum Gasteiger partial charge on any atom is -0.490 e. The molecule has 1 aliphatic rings. The zero-order valence-corrected chi connectivity index (χ0v) is 13.4. The first-order valence-corrected chi connectivity index (χ1v) is 8.04. The maximum atomic E-state index is 12.5. The molecule has 6 heteroatoms. The molecule has 0 saturated carbocycles. The van der Waals surface area contributed by atoms with E-state index in [1.165, 1.54) is 0 Å². The van der Waals surface area contributed by atoms with Gasteiger partial charge in [0, 0.05) is 23.6 Å². The maximum absolute atomic E-state index is 12.5. The summed E-state index contributed by atoms with van der Waals surface area (Å²) in [5.41, 5.74) is 0.487. The lowest BCUT2D eigenvalue weighted by Crippen LogP contribution is -2.18. The normalized spacial score (nSPS) is 13.3. The van der Waals surface area contributed by atoms with E-state index in [0.29, 0.717) is 35.8 Å². The maximum Gasteiger partial charge on any atom is 0.272 e. The van der Waals surface area contributed by atoms with Crippen LogP contribution in [-0.2, 0) is 0 Å². The van der Waals surface area contributed by atoms with Crippen LogP contribution in [-0.4, -0.2) is 24.1 Å². The van der Waals surface area contributed by atoms with E-state index in [-0.39, 0.29) is 11.3 Å². The Bertz CT molecular complexity index is 1010. The fourth-order valence-electron chi connectivity index (χ4n) is 2.77. The Morgan fingerprint density at radius 2 is 1.80 bits per heavy atom. The third-order valence-electron chi connectivity index (χ3n) is 4.00. The Balaban J connectivity index is 1.62. The number of hydrogen-bond donors (Lipinski definition) is 2. The number of ether oxygens (including phenoxy) is 2. The predicted molar refractivity (Wildman–Crippen MR) is 94.6 cm³/mol. The number of rotatable bonds is 2. The monoisotopic (exact) mass is 336 g/mol. The molecule has 4 rings (SSSR count). The summed E-state index contributed by atoms with van der Waals surface area (Å²) in [6.07, 6.45) is 0.814. The number of aromatic nitrogens is 1. The molecule has 25 heavy (non-hydrogen) atoms. The zero-order valence-electron chi connectivity index (χ0n) is 13.4. The average Bonchev–Trinajstić information content (AvgIpc) is 2.86. The van der Waals surface area contributed by atoms with Crippen LogP contribution in [0.2, 0.25) is 0 Å². The van der Waals surface area contributed by atoms with E-state index in [4.69, 9.17) is 9.47 Å². The fraction of sp³-hybridized carbons (Fsp3) is 0.158. The van der Waals surface area contributed by atoms with Crippen molar-refractivity contribution >= 4 is 22.4 Å². The number of anilines is 1. The molecule has 6 nitrogen and oxygen atoms in total. The Labute approximate surface area is 143 Å². The summed E-state index contributed by atoms with van der Waals surface area (Å²) < 4.78 is 11.2. The molecule has 1 aliphatic heterocycles. The number of hydrogen-bond acceptors (Lipinski definition) is 4. The molecule has 0 bridgehead atoms. The summed E-state index contributed by atoms with van der Waals surface area (Å²) in [4.78, 5) is 27.2. The summed E-state index contributed by atoms with van der Waals surface area (Å²) in [5.74, 6) is 0.870. The van der Waals surface area contributed by atoms with E-state index in [0.717, 1.165) is 11.8 Å². The highest BCUT2D eigenvalue weighted by Gasteiger charge is 2.14. The molecule has 126 valence electrons.